The Kier molecular flexibility index (Phi) is 5.21. The molecule has 1 aliphatic heterocycles. The van der Waals surface area contributed by atoms with Gasteiger partial charge in [0, 0.05) is 6.54 Å². The molecule has 0 radical (unpaired) electrons. The van der Waals surface area contributed by atoms with Gasteiger partial charge >= 0.3 is 6.09 Å². The molecule has 1 heterocycles. The maximum atomic E-state index is 12.2. The number of amides is 1. The van der Waals surface area contributed by atoms with Gasteiger partial charge in [-0.05, 0) is 52.2 Å². The van der Waals surface area contributed by atoms with E-state index in [2.05, 4.69) is 40.8 Å². The molecule has 0 aromatic heterocycles. The second-order valence-electron chi connectivity index (χ2n) is 8.62. The first-order chi connectivity index (χ1) is 9.24. The zero-order chi connectivity index (χ0) is 16.6. The van der Waals surface area contributed by atoms with Gasteiger partial charge in [0.2, 0.25) is 0 Å². The van der Waals surface area contributed by atoms with E-state index in [-0.39, 0.29) is 23.3 Å². The van der Waals surface area contributed by atoms with Crippen molar-refractivity contribution in [2.24, 2.45) is 0 Å². The standard InChI is InChI=1S/C16H33NO3Si/c1-12-13(20-21(8,9)16(5,6)7)10-11-17(12)14(18)19-15(2,3)4/h12-13H,10-11H2,1-9H3/t12-,13+/m0/s1. The van der Waals surface area contributed by atoms with Crippen LogP contribution in [0, 0.1) is 0 Å². The van der Waals surface area contributed by atoms with Crippen molar-refractivity contribution in [2.75, 3.05) is 6.54 Å². The summed E-state index contributed by atoms with van der Waals surface area (Å²) >= 11 is 0. The summed E-state index contributed by atoms with van der Waals surface area (Å²) in [6, 6.07) is 0.0778. The third-order valence-corrected chi connectivity index (χ3v) is 9.07. The SMILES string of the molecule is C[C@H]1[C@H](O[Si](C)(C)C(C)(C)C)CCN1C(=O)OC(C)(C)C. The minimum absolute atomic E-state index is 0.0778. The van der Waals surface area contributed by atoms with Crippen molar-refractivity contribution in [1.82, 2.24) is 4.90 Å². The predicted molar refractivity (Wildman–Crippen MR) is 89.1 cm³/mol. The lowest BCUT2D eigenvalue weighted by Crippen LogP contribution is -2.48. The van der Waals surface area contributed by atoms with Gasteiger partial charge in [-0.2, -0.15) is 0 Å². The fourth-order valence-corrected chi connectivity index (χ4v) is 3.63. The molecule has 1 amide bonds. The summed E-state index contributed by atoms with van der Waals surface area (Å²) in [5.74, 6) is 0. The van der Waals surface area contributed by atoms with Gasteiger partial charge in [0.1, 0.15) is 5.60 Å². The smallest absolute Gasteiger partial charge is 0.410 e. The quantitative estimate of drug-likeness (QED) is 0.709. The minimum atomic E-state index is -1.80. The van der Waals surface area contributed by atoms with Gasteiger partial charge in [-0.1, -0.05) is 20.8 Å². The second-order valence-corrected chi connectivity index (χ2v) is 13.4. The molecule has 1 saturated heterocycles. The molecule has 1 aliphatic rings. The molecule has 0 aromatic carbocycles. The van der Waals surface area contributed by atoms with Crippen molar-refractivity contribution in [3.05, 3.63) is 0 Å². The molecule has 0 N–H and O–H groups in total. The van der Waals surface area contributed by atoms with Crippen LogP contribution in [0.25, 0.3) is 0 Å². The second kappa shape index (κ2) is 5.92. The highest BCUT2D eigenvalue weighted by molar-refractivity contribution is 6.74. The third kappa shape index (κ3) is 4.71. The molecule has 4 nitrogen and oxygen atoms in total. The molecule has 0 aromatic rings. The van der Waals surface area contributed by atoms with Gasteiger partial charge in [0.25, 0.3) is 0 Å². The van der Waals surface area contributed by atoms with Crippen LogP contribution in [0.2, 0.25) is 18.1 Å². The van der Waals surface area contributed by atoms with Crippen molar-refractivity contribution in [3.8, 4) is 0 Å². The van der Waals surface area contributed by atoms with E-state index in [0.717, 1.165) is 13.0 Å². The Balaban J connectivity index is 2.70. The van der Waals surface area contributed by atoms with Crippen molar-refractivity contribution in [3.63, 3.8) is 0 Å². The number of rotatable bonds is 2. The Labute approximate surface area is 131 Å². The Morgan fingerprint density at radius 2 is 1.67 bits per heavy atom. The number of hydrogen-bond acceptors (Lipinski definition) is 3. The Hall–Kier alpha value is -0.553. The summed E-state index contributed by atoms with van der Waals surface area (Å²) in [5, 5.41) is 0.187. The van der Waals surface area contributed by atoms with Crippen LogP contribution in [0.4, 0.5) is 4.79 Å². The number of hydrogen-bond donors (Lipinski definition) is 0. The van der Waals surface area contributed by atoms with E-state index in [1.54, 1.807) is 0 Å². The monoisotopic (exact) mass is 315 g/mol. The largest absolute Gasteiger partial charge is 0.444 e. The van der Waals surface area contributed by atoms with Crippen LogP contribution < -0.4 is 0 Å². The molecule has 1 rings (SSSR count). The van der Waals surface area contributed by atoms with E-state index in [0.29, 0.717) is 0 Å². The summed E-state index contributed by atoms with van der Waals surface area (Å²) in [4.78, 5) is 14.0. The third-order valence-electron chi connectivity index (χ3n) is 4.56. The highest BCUT2D eigenvalue weighted by atomic mass is 28.4. The van der Waals surface area contributed by atoms with Gasteiger partial charge in [-0.3, -0.25) is 0 Å². The fourth-order valence-electron chi connectivity index (χ4n) is 2.20. The molecule has 2 atom stereocenters. The Morgan fingerprint density at radius 3 is 2.10 bits per heavy atom. The molecule has 1 fully saturated rings. The molecule has 124 valence electrons. The number of carbonyl (C=O) groups excluding carboxylic acids is 1. The molecule has 0 bridgehead atoms. The van der Waals surface area contributed by atoms with E-state index < -0.39 is 13.9 Å². The average Bonchev–Trinajstić information content (AvgIpc) is 2.55. The van der Waals surface area contributed by atoms with Crippen LogP contribution in [0.1, 0.15) is 54.9 Å². The van der Waals surface area contributed by atoms with Crippen molar-refractivity contribution in [1.29, 1.82) is 0 Å². The van der Waals surface area contributed by atoms with Crippen LogP contribution in [0.3, 0.4) is 0 Å². The number of carbonyl (C=O) groups is 1. The maximum Gasteiger partial charge on any atom is 0.410 e. The average molecular weight is 316 g/mol. The summed E-state index contributed by atoms with van der Waals surface area (Å²) in [5.41, 5.74) is -0.449. The van der Waals surface area contributed by atoms with E-state index in [9.17, 15) is 4.79 Å². The summed E-state index contributed by atoms with van der Waals surface area (Å²) in [7, 11) is -1.80. The highest BCUT2D eigenvalue weighted by Crippen LogP contribution is 2.39. The van der Waals surface area contributed by atoms with Crippen molar-refractivity contribution in [2.45, 2.75) is 90.8 Å². The van der Waals surface area contributed by atoms with Gasteiger partial charge in [-0.15, -0.1) is 0 Å². The van der Waals surface area contributed by atoms with Crippen LogP contribution in [-0.4, -0.2) is 43.6 Å². The topological polar surface area (TPSA) is 38.8 Å². The van der Waals surface area contributed by atoms with Crippen LogP contribution in [0.5, 0.6) is 0 Å². The van der Waals surface area contributed by atoms with E-state index in [1.807, 2.05) is 25.7 Å². The van der Waals surface area contributed by atoms with Crippen molar-refractivity contribution < 1.29 is 14.0 Å². The predicted octanol–water partition coefficient (Wildman–Crippen LogP) is 4.41. The number of ether oxygens (including phenoxy) is 1. The first-order valence-electron chi connectivity index (χ1n) is 7.92. The minimum Gasteiger partial charge on any atom is -0.444 e. The Bertz CT molecular complexity index is 382. The maximum absolute atomic E-state index is 12.2. The zero-order valence-corrected chi connectivity index (χ0v) is 16.2. The molecule has 21 heavy (non-hydrogen) atoms. The first-order valence-corrected chi connectivity index (χ1v) is 10.8. The molecular formula is C16H33NO3Si. The lowest BCUT2D eigenvalue weighted by molar-refractivity contribution is 0.0185. The summed E-state index contributed by atoms with van der Waals surface area (Å²) in [6.07, 6.45) is 0.794. The number of nitrogens with zero attached hydrogens (tertiary/aromatic N) is 1. The molecule has 0 aliphatic carbocycles. The van der Waals surface area contributed by atoms with Crippen molar-refractivity contribution >= 4 is 14.4 Å². The highest BCUT2D eigenvalue weighted by Gasteiger charge is 2.44. The van der Waals surface area contributed by atoms with E-state index in [4.69, 9.17) is 9.16 Å². The molecule has 5 heteroatoms. The molecular weight excluding hydrogens is 282 g/mol. The van der Waals surface area contributed by atoms with E-state index >= 15 is 0 Å². The molecule has 0 unspecified atom stereocenters. The first kappa shape index (κ1) is 18.5. The zero-order valence-electron chi connectivity index (χ0n) is 15.2. The lowest BCUT2D eigenvalue weighted by atomic mass is 10.2. The van der Waals surface area contributed by atoms with E-state index in [1.165, 1.54) is 0 Å². The Morgan fingerprint density at radius 1 is 1.14 bits per heavy atom. The van der Waals surface area contributed by atoms with Crippen LogP contribution in [-0.2, 0) is 9.16 Å². The lowest BCUT2D eigenvalue weighted by Gasteiger charge is -2.39. The summed E-state index contributed by atoms with van der Waals surface area (Å²) < 4.78 is 12.0. The van der Waals surface area contributed by atoms with Gasteiger partial charge in [0.05, 0.1) is 12.1 Å². The van der Waals surface area contributed by atoms with Crippen LogP contribution >= 0.6 is 0 Å². The number of likely N-dealkylation sites (tertiary alicyclic amines) is 1. The fraction of sp³-hybridized carbons (Fsp3) is 0.938. The van der Waals surface area contributed by atoms with Gasteiger partial charge < -0.3 is 14.1 Å². The van der Waals surface area contributed by atoms with Gasteiger partial charge in [0.15, 0.2) is 8.32 Å². The summed E-state index contributed by atoms with van der Waals surface area (Å²) in [6.45, 7) is 19.7. The van der Waals surface area contributed by atoms with Crippen LogP contribution in [0.15, 0.2) is 0 Å². The normalized spacial score (nSPS) is 24.3. The molecule has 0 spiro atoms. The van der Waals surface area contributed by atoms with Gasteiger partial charge in [-0.25, -0.2) is 4.79 Å². The molecule has 0 saturated carbocycles.